The molecule has 1 rings (SSSR count). The molecule has 0 saturated heterocycles. The lowest BCUT2D eigenvalue weighted by molar-refractivity contribution is 0.0954. The summed E-state index contributed by atoms with van der Waals surface area (Å²) in [4.78, 5) is 15.9. The Morgan fingerprint density at radius 3 is 2.52 bits per heavy atom. The van der Waals surface area contributed by atoms with Crippen molar-refractivity contribution in [3.8, 4) is 0 Å². The zero-order valence-corrected chi connectivity index (χ0v) is 13.0. The SMILES string of the molecule is CN=C(NCCNC(=O)c1ccc(C)c(F)c1)NC(C)C. The van der Waals surface area contributed by atoms with Crippen LogP contribution in [0.3, 0.4) is 0 Å². The maximum absolute atomic E-state index is 13.4. The van der Waals surface area contributed by atoms with Crippen molar-refractivity contribution in [3.05, 3.63) is 35.1 Å². The molecule has 1 amide bonds. The van der Waals surface area contributed by atoms with E-state index in [2.05, 4.69) is 20.9 Å². The van der Waals surface area contributed by atoms with Crippen molar-refractivity contribution in [1.29, 1.82) is 0 Å². The van der Waals surface area contributed by atoms with Crippen LogP contribution in [0.15, 0.2) is 23.2 Å². The summed E-state index contributed by atoms with van der Waals surface area (Å²) in [5, 5.41) is 8.95. The molecule has 1 aromatic carbocycles. The normalized spacial score (nSPS) is 11.4. The van der Waals surface area contributed by atoms with E-state index in [1.807, 2.05) is 13.8 Å². The second kappa shape index (κ2) is 8.24. The monoisotopic (exact) mass is 294 g/mol. The third-order valence-electron chi connectivity index (χ3n) is 2.79. The lowest BCUT2D eigenvalue weighted by atomic mass is 10.1. The first-order valence-electron chi connectivity index (χ1n) is 6.95. The van der Waals surface area contributed by atoms with E-state index in [0.717, 1.165) is 0 Å². The summed E-state index contributed by atoms with van der Waals surface area (Å²) in [6, 6.07) is 4.73. The molecule has 0 fully saturated rings. The Hall–Kier alpha value is -2.11. The molecule has 1 aromatic rings. The highest BCUT2D eigenvalue weighted by Gasteiger charge is 2.07. The molecule has 0 heterocycles. The van der Waals surface area contributed by atoms with Gasteiger partial charge in [0.2, 0.25) is 0 Å². The van der Waals surface area contributed by atoms with Crippen LogP contribution in [0, 0.1) is 12.7 Å². The summed E-state index contributed by atoms with van der Waals surface area (Å²) in [7, 11) is 1.69. The predicted octanol–water partition coefficient (Wildman–Crippen LogP) is 1.44. The lowest BCUT2D eigenvalue weighted by Gasteiger charge is -2.14. The number of rotatable bonds is 5. The average Bonchev–Trinajstić information content (AvgIpc) is 2.44. The number of hydrogen-bond acceptors (Lipinski definition) is 2. The highest BCUT2D eigenvalue weighted by molar-refractivity contribution is 5.94. The van der Waals surface area contributed by atoms with Crippen LogP contribution in [0.2, 0.25) is 0 Å². The first kappa shape index (κ1) is 16.9. The van der Waals surface area contributed by atoms with Crippen molar-refractivity contribution in [1.82, 2.24) is 16.0 Å². The molecule has 0 unspecified atom stereocenters. The third-order valence-corrected chi connectivity index (χ3v) is 2.79. The van der Waals surface area contributed by atoms with Crippen LogP contribution in [0.25, 0.3) is 0 Å². The minimum atomic E-state index is -0.373. The van der Waals surface area contributed by atoms with Crippen molar-refractivity contribution < 1.29 is 9.18 Å². The van der Waals surface area contributed by atoms with E-state index in [4.69, 9.17) is 0 Å². The number of aliphatic imine (C=N–C) groups is 1. The van der Waals surface area contributed by atoms with E-state index in [-0.39, 0.29) is 17.8 Å². The summed E-state index contributed by atoms with van der Waals surface area (Å²) in [6.45, 7) is 6.65. The van der Waals surface area contributed by atoms with Crippen LogP contribution >= 0.6 is 0 Å². The quantitative estimate of drug-likeness (QED) is 0.437. The number of aryl methyl sites for hydroxylation is 1. The Bertz CT molecular complexity index is 514. The Morgan fingerprint density at radius 1 is 1.29 bits per heavy atom. The maximum atomic E-state index is 13.4. The Labute approximate surface area is 125 Å². The van der Waals surface area contributed by atoms with Gasteiger partial charge in [-0.05, 0) is 38.5 Å². The van der Waals surface area contributed by atoms with Gasteiger partial charge in [-0.3, -0.25) is 9.79 Å². The third kappa shape index (κ3) is 5.81. The average molecular weight is 294 g/mol. The van der Waals surface area contributed by atoms with Crippen LogP contribution in [-0.2, 0) is 0 Å². The molecule has 6 heteroatoms. The molecular formula is C15H23FN4O. The van der Waals surface area contributed by atoms with Crippen molar-refractivity contribution >= 4 is 11.9 Å². The molecule has 0 saturated carbocycles. The van der Waals surface area contributed by atoms with E-state index >= 15 is 0 Å². The van der Waals surface area contributed by atoms with E-state index in [9.17, 15) is 9.18 Å². The van der Waals surface area contributed by atoms with Gasteiger partial charge < -0.3 is 16.0 Å². The molecule has 0 aliphatic heterocycles. The number of guanidine groups is 1. The molecule has 0 radical (unpaired) electrons. The molecular weight excluding hydrogens is 271 g/mol. The van der Waals surface area contributed by atoms with Crippen LogP contribution < -0.4 is 16.0 Å². The van der Waals surface area contributed by atoms with Gasteiger partial charge >= 0.3 is 0 Å². The number of benzene rings is 1. The fourth-order valence-corrected chi connectivity index (χ4v) is 1.66. The molecule has 0 aliphatic rings. The number of hydrogen-bond donors (Lipinski definition) is 3. The van der Waals surface area contributed by atoms with Gasteiger partial charge in [-0.25, -0.2) is 4.39 Å². The van der Waals surface area contributed by atoms with Gasteiger partial charge in [-0.15, -0.1) is 0 Å². The minimum Gasteiger partial charge on any atom is -0.355 e. The fourth-order valence-electron chi connectivity index (χ4n) is 1.66. The molecule has 3 N–H and O–H groups in total. The van der Waals surface area contributed by atoms with Crippen molar-refractivity contribution in [3.63, 3.8) is 0 Å². The zero-order chi connectivity index (χ0) is 15.8. The highest BCUT2D eigenvalue weighted by Crippen LogP contribution is 2.08. The molecule has 0 atom stereocenters. The number of halogens is 1. The van der Waals surface area contributed by atoms with Crippen LogP contribution in [-0.4, -0.2) is 38.0 Å². The second-order valence-electron chi connectivity index (χ2n) is 5.02. The Morgan fingerprint density at radius 2 is 1.95 bits per heavy atom. The molecule has 0 spiro atoms. The van der Waals surface area contributed by atoms with E-state index in [1.54, 1.807) is 26.1 Å². The zero-order valence-electron chi connectivity index (χ0n) is 13.0. The number of carbonyl (C=O) groups excluding carboxylic acids is 1. The van der Waals surface area contributed by atoms with Crippen LogP contribution in [0.1, 0.15) is 29.8 Å². The summed E-state index contributed by atoms with van der Waals surface area (Å²) in [5.74, 6) is 0.0189. The second-order valence-corrected chi connectivity index (χ2v) is 5.02. The first-order chi connectivity index (χ1) is 9.93. The predicted molar refractivity (Wildman–Crippen MR) is 83.1 cm³/mol. The number of nitrogens with zero attached hydrogens (tertiary/aromatic N) is 1. The van der Waals surface area contributed by atoms with E-state index in [1.165, 1.54) is 6.07 Å². The van der Waals surface area contributed by atoms with Gasteiger partial charge in [-0.2, -0.15) is 0 Å². The van der Waals surface area contributed by atoms with Gasteiger partial charge in [0, 0.05) is 31.7 Å². The molecule has 21 heavy (non-hydrogen) atoms. The van der Waals surface area contributed by atoms with Crippen molar-refractivity contribution in [2.75, 3.05) is 20.1 Å². The van der Waals surface area contributed by atoms with Gasteiger partial charge in [0.15, 0.2) is 5.96 Å². The van der Waals surface area contributed by atoms with Crippen LogP contribution in [0.4, 0.5) is 4.39 Å². The smallest absolute Gasteiger partial charge is 0.251 e. The minimum absolute atomic E-state index is 0.279. The fraction of sp³-hybridized carbons (Fsp3) is 0.467. The van der Waals surface area contributed by atoms with Crippen molar-refractivity contribution in [2.24, 2.45) is 4.99 Å². The molecule has 0 aliphatic carbocycles. The molecule has 0 aromatic heterocycles. The standard InChI is InChI=1S/C15H23FN4O/c1-10(2)20-15(17-4)19-8-7-18-14(21)12-6-5-11(3)13(16)9-12/h5-6,9-10H,7-8H2,1-4H3,(H,18,21)(H2,17,19,20). The number of carbonyl (C=O) groups is 1. The molecule has 0 bridgehead atoms. The maximum Gasteiger partial charge on any atom is 0.251 e. The number of nitrogens with one attached hydrogen (secondary N) is 3. The highest BCUT2D eigenvalue weighted by atomic mass is 19.1. The van der Waals surface area contributed by atoms with E-state index in [0.29, 0.717) is 30.2 Å². The van der Waals surface area contributed by atoms with Gasteiger partial charge in [0.25, 0.3) is 5.91 Å². The summed E-state index contributed by atoms with van der Waals surface area (Å²) >= 11 is 0. The molecule has 116 valence electrons. The lowest BCUT2D eigenvalue weighted by Crippen LogP contribution is -2.44. The summed E-state index contributed by atoms with van der Waals surface area (Å²) < 4.78 is 13.4. The number of amides is 1. The topological polar surface area (TPSA) is 65.5 Å². The Balaban J connectivity index is 2.38. The summed E-state index contributed by atoms with van der Waals surface area (Å²) in [6.07, 6.45) is 0. The molecule has 5 nitrogen and oxygen atoms in total. The largest absolute Gasteiger partial charge is 0.355 e. The van der Waals surface area contributed by atoms with Gasteiger partial charge in [-0.1, -0.05) is 6.07 Å². The first-order valence-corrected chi connectivity index (χ1v) is 6.95. The van der Waals surface area contributed by atoms with Crippen LogP contribution in [0.5, 0.6) is 0 Å². The van der Waals surface area contributed by atoms with Gasteiger partial charge in [0.1, 0.15) is 5.82 Å². The van der Waals surface area contributed by atoms with Gasteiger partial charge in [0.05, 0.1) is 0 Å². The Kier molecular flexibility index (Phi) is 6.65. The summed E-state index contributed by atoms with van der Waals surface area (Å²) in [5.41, 5.74) is 0.847. The van der Waals surface area contributed by atoms with E-state index < -0.39 is 0 Å². The van der Waals surface area contributed by atoms with Crippen molar-refractivity contribution in [2.45, 2.75) is 26.8 Å².